The molecule has 0 spiro atoms. The third-order valence-electron chi connectivity index (χ3n) is 6.15. The van der Waals surface area contributed by atoms with Gasteiger partial charge in [-0.2, -0.15) is 0 Å². The minimum absolute atomic E-state index is 0.00853. The Hall–Kier alpha value is -3.53. The third-order valence-corrected chi connectivity index (χ3v) is 6.15. The highest BCUT2D eigenvalue weighted by molar-refractivity contribution is 5.99. The van der Waals surface area contributed by atoms with Gasteiger partial charge in [0.2, 0.25) is 5.91 Å². The van der Waals surface area contributed by atoms with Crippen LogP contribution in [0.4, 0.5) is 0 Å². The Labute approximate surface area is 175 Å². The predicted molar refractivity (Wildman–Crippen MR) is 122 cm³/mol. The topological polar surface area (TPSA) is 45.5 Å². The highest BCUT2D eigenvalue weighted by Gasteiger charge is 2.24. The molecule has 1 aromatic heterocycles. The minimum Gasteiger partial charge on any atom is -0.508 e. The first-order chi connectivity index (χ1) is 14.6. The molecule has 0 aliphatic carbocycles. The van der Waals surface area contributed by atoms with Gasteiger partial charge in [-0.3, -0.25) is 4.79 Å². The Kier molecular flexibility index (Phi) is 4.55. The molecule has 0 bridgehead atoms. The molecule has 4 heteroatoms. The van der Waals surface area contributed by atoms with Crippen LogP contribution in [0.3, 0.4) is 0 Å². The first-order valence-electron chi connectivity index (χ1n) is 10.4. The normalized spacial score (nSPS) is 16.8. The lowest BCUT2D eigenvalue weighted by Crippen LogP contribution is -2.39. The van der Waals surface area contributed by atoms with Crippen LogP contribution >= 0.6 is 0 Å². The first kappa shape index (κ1) is 18.5. The molecule has 1 saturated heterocycles. The van der Waals surface area contributed by atoms with Crippen LogP contribution in [0.25, 0.3) is 32.8 Å². The van der Waals surface area contributed by atoms with Crippen molar-refractivity contribution < 1.29 is 9.90 Å². The molecule has 1 fully saturated rings. The molecule has 4 aromatic rings. The lowest BCUT2D eigenvalue weighted by atomic mass is 9.97. The van der Waals surface area contributed by atoms with Crippen molar-refractivity contribution in [2.24, 2.45) is 0 Å². The second kappa shape index (κ2) is 7.38. The number of aromatic nitrogens is 1. The molecule has 1 aliphatic heterocycles. The molecule has 5 rings (SSSR count). The van der Waals surface area contributed by atoms with Crippen LogP contribution in [0.5, 0.6) is 5.75 Å². The Morgan fingerprint density at radius 1 is 1.07 bits per heavy atom. The zero-order chi connectivity index (χ0) is 20.7. The van der Waals surface area contributed by atoms with Crippen LogP contribution in [0, 0.1) is 0 Å². The van der Waals surface area contributed by atoms with Gasteiger partial charge in [-0.25, -0.2) is 0 Å². The average molecular weight is 396 g/mol. The number of piperidine rings is 1. The van der Waals surface area contributed by atoms with Crippen molar-refractivity contribution >= 4 is 27.6 Å². The van der Waals surface area contributed by atoms with Crippen LogP contribution in [-0.2, 0) is 4.79 Å². The molecule has 1 atom stereocenters. The second-order valence-corrected chi connectivity index (χ2v) is 8.00. The quantitative estimate of drug-likeness (QED) is 0.464. The smallest absolute Gasteiger partial charge is 0.246 e. The molecular formula is C26H24N2O2. The average Bonchev–Trinajstić information content (AvgIpc) is 3.21. The first-order valence-corrected chi connectivity index (χ1v) is 10.4. The lowest BCUT2D eigenvalue weighted by Gasteiger charge is -2.33. The van der Waals surface area contributed by atoms with Gasteiger partial charge < -0.3 is 14.6 Å². The van der Waals surface area contributed by atoms with Crippen molar-refractivity contribution in [3.05, 3.63) is 79.5 Å². The summed E-state index contributed by atoms with van der Waals surface area (Å²) in [4.78, 5) is 13.9. The second-order valence-electron chi connectivity index (χ2n) is 8.00. The number of phenols is 1. The molecule has 3 aromatic carbocycles. The summed E-state index contributed by atoms with van der Waals surface area (Å²) in [6, 6.07) is 20.6. The summed E-state index contributed by atoms with van der Waals surface area (Å²) in [7, 11) is 0. The number of nitrogens with zero attached hydrogens (tertiary/aromatic N) is 2. The highest BCUT2D eigenvalue weighted by atomic mass is 16.3. The third kappa shape index (κ3) is 3.14. The van der Waals surface area contributed by atoms with Gasteiger partial charge in [0.1, 0.15) is 5.75 Å². The largest absolute Gasteiger partial charge is 0.508 e. The maximum absolute atomic E-state index is 12.1. The van der Waals surface area contributed by atoms with Gasteiger partial charge >= 0.3 is 0 Å². The van der Waals surface area contributed by atoms with Gasteiger partial charge in [-0.05, 0) is 71.1 Å². The maximum atomic E-state index is 12.1. The summed E-state index contributed by atoms with van der Waals surface area (Å²) in [5, 5.41) is 13.5. The summed E-state index contributed by atoms with van der Waals surface area (Å²) in [5.74, 6) is 0.282. The minimum atomic E-state index is 0.00853. The van der Waals surface area contributed by atoms with E-state index in [1.807, 2.05) is 29.2 Å². The number of benzene rings is 3. The van der Waals surface area contributed by atoms with Crippen molar-refractivity contribution in [2.45, 2.75) is 18.9 Å². The van der Waals surface area contributed by atoms with E-state index in [0.29, 0.717) is 6.54 Å². The fraction of sp³-hybridized carbons (Fsp3) is 0.192. The number of carbonyl (C=O) groups is 1. The van der Waals surface area contributed by atoms with Crippen LogP contribution in [0.15, 0.2) is 79.5 Å². The zero-order valence-electron chi connectivity index (χ0n) is 16.8. The standard InChI is InChI=1S/C26H24N2O2/c1-2-26(30)27-12-5-7-21(17-27)28-13-11-20-14-19(9-10-25(20)28)24-16-22(29)15-18-6-3-4-8-23(18)24/h2-4,6,8-11,13-16,21,29H,1,5,7,12,17H2. The summed E-state index contributed by atoms with van der Waals surface area (Å²) >= 11 is 0. The number of likely N-dealkylation sites (tertiary alicyclic amines) is 1. The van der Waals surface area contributed by atoms with E-state index in [9.17, 15) is 9.90 Å². The SMILES string of the molecule is C=CC(=O)N1CCCC(n2ccc3cc(-c4cc(O)cc5ccccc45)ccc32)C1. The molecule has 0 radical (unpaired) electrons. The molecule has 0 saturated carbocycles. The Morgan fingerprint density at radius 2 is 1.93 bits per heavy atom. The fourth-order valence-electron chi connectivity index (χ4n) is 4.69. The molecule has 1 amide bonds. The molecule has 30 heavy (non-hydrogen) atoms. The number of amides is 1. The maximum Gasteiger partial charge on any atom is 0.246 e. The fourth-order valence-corrected chi connectivity index (χ4v) is 4.69. The number of rotatable bonds is 3. The van der Waals surface area contributed by atoms with Gasteiger partial charge in [0.25, 0.3) is 0 Å². The van der Waals surface area contributed by atoms with Crippen LogP contribution in [0.2, 0.25) is 0 Å². The van der Waals surface area contributed by atoms with Crippen molar-refractivity contribution in [1.29, 1.82) is 0 Å². The molecule has 150 valence electrons. The predicted octanol–water partition coefficient (Wildman–Crippen LogP) is 5.52. The van der Waals surface area contributed by atoms with Crippen molar-refractivity contribution in [3.8, 4) is 16.9 Å². The van der Waals surface area contributed by atoms with E-state index in [-0.39, 0.29) is 17.7 Å². The number of hydrogen-bond donors (Lipinski definition) is 1. The van der Waals surface area contributed by atoms with E-state index in [4.69, 9.17) is 0 Å². The summed E-state index contributed by atoms with van der Waals surface area (Å²) in [6.45, 7) is 5.14. The van der Waals surface area contributed by atoms with Gasteiger partial charge in [0.05, 0.1) is 6.04 Å². The number of fused-ring (bicyclic) bond motifs is 2. The number of carbonyl (C=O) groups excluding carboxylic acids is 1. The van der Waals surface area contributed by atoms with Crippen molar-refractivity contribution in [3.63, 3.8) is 0 Å². The molecular weight excluding hydrogens is 372 g/mol. The summed E-state index contributed by atoms with van der Waals surface area (Å²) < 4.78 is 2.29. The van der Waals surface area contributed by atoms with E-state index in [2.05, 4.69) is 47.7 Å². The van der Waals surface area contributed by atoms with E-state index in [0.717, 1.165) is 46.7 Å². The Bertz CT molecular complexity index is 1270. The molecule has 4 nitrogen and oxygen atoms in total. The summed E-state index contributed by atoms with van der Waals surface area (Å²) in [5.41, 5.74) is 3.28. The summed E-state index contributed by atoms with van der Waals surface area (Å²) in [6.07, 6.45) is 5.59. The van der Waals surface area contributed by atoms with E-state index < -0.39 is 0 Å². The van der Waals surface area contributed by atoms with Crippen molar-refractivity contribution in [1.82, 2.24) is 9.47 Å². The molecule has 1 N–H and O–H groups in total. The van der Waals surface area contributed by atoms with Gasteiger partial charge in [0.15, 0.2) is 0 Å². The Balaban J connectivity index is 1.54. The van der Waals surface area contributed by atoms with Gasteiger partial charge in [-0.15, -0.1) is 0 Å². The lowest BCUT2D eigenvalue weighted by molar-refractivity contribution is -0.127. The van der Waals surface area contributed by atoms with Crippen LogP contribution < -0.4 is 0 Å². The van der Waals surface area contributed by atoms with Crippen LogP contribution in [-0.4, -0.2) is 33.6 Å². The van der Waals surface area contributed by atoms with Crippen LogP contribution in [0.1, 0.15) is 18.9 Å². The molecule has 1 unspecified atom stereocenters. The van der Waals surface area contributed by atoms with Gasteiger partial charge in [0, 0.05) is 30.2 Å². The van der Waals surface area contributed by atoms with Gasteiger partial charge in [-0.1, -0.05) is 36.9 Å². The number of hydrogen-bond acceptors (Lipinski definition) is 2. The number of aromatic hydroxyl groups is 1. The zero-order valence-corrected chi connectivity index (χ0v) is 16.8. The monoisotopic (exact) mass is 396 g/mol. The van der Waals surface area contributed by atoms with E-state index >= 15 is 0 Å². The Morgan fingerprint density at radius 3 is 2.80 bits per heavy atom. The molecule has 2 heterocycles. The highest BCUT2D eigenvalue weighted by Crippen LogP contribution is 2.35. The van der Waals surface area contributed by atoms with Crippen molar-refractivity contribution in [2.75, 3.05) is 13.1 Å². The van der Waals surface area contributed by atoms with E-state index in [1.165, 1.54) is 11.6 Å². The van der Waals surface area contributed by atoms with E-state index in [1.54, 1.807) is 6.07 Å². The molecule has 1 aliphatic rings. The number of phenolic OH excluding ortho intramolecular Hbond substituents is 1.